The van der Waals surface area contributed by atoms with Gasteiger partial charge in [0.05, 0.1) is 22.4 Å². The minimum atomic E-state index is -0.176. The molecule has 2 N–H and O–H groups in total. The lowest BCUT2D eigenvalue weighted by atomic mass is 10.0. The maximum Gasteiger partial charge on any atom is 0.0749 e. The number of thiophene rings is 1. The number of nitrogens with zero attached hydrogens (tertiary/aromatic N) is 2. The van der Waals surface area contributed by atoms with Crippen molar-refractivity contribution in [2.45, 2.75) is 25.9 Å². The average Bonchev–Trinajstić information content (AvgIpc) is 3.01. The van der Waals surface area contributed by atoms with Crippen LogP contribution in [0.4, 0.5) is 0 Å². The third-order valence-corrected chi connectivity index (χ3v) is 5.01. The van der Waals surface area contributed by atoms with Gasteiger partial charge in [0, 0.05) is 10.7 Å². The van der Waals surface area contributed by atoms with Crippen molar-refractivity contribution >= 4 is 37.4 Å². The van der Waals surface area contributed by atoms with Gasteiger partial charge in [-0.25, -0.2) is 0 Å². The molecule has 0 spiro atoms. The lowest BCUT2D eigenvalue weighted by molar-refractivity contribution is 0.499. The number of hydrogen-bond acceptors (Lipinski definition) is 3. The Morgan fingerprint density at radius 3 is 2.80 bits per heavy atom. The molecule has 1 aromatic carbocycles. The highest BCUT2D eigenvalue weighted by Gasteiger charge is 2.22. The van der Waals surface area contributed by atoms with Crippen LogP contribution in [0.15, 0.2) is 40.3 Å². The Balaban J connectivity index is 2.13. The van der Waals surface area contributed by atoms with Gasteiger partial charge in [-0.1, -0.05) is 18.2 Å². The van der Waals surface area contributed by atoms with Crippen LogP contribution in [0.2, 0.25) is 0 Å². The fourth-order valence-electron chi connectivity index (χ4n) is 2.44. The first-order valence-corrected chi connectivity index (χ1v) is 8.21. The summed E-state index contributed by atoms with van der Waals surface area (Å²) in [5.74, 6) is 0. The van der Waals surface area contributed by atoms with Crippen LogP contribution in [0.3, 0.4) is 0 Å². The maximum absolute atomic E-state index is 6.53. The highest BCUT2D eigenvalue weighted by atomic mass is 79.9. The molecule has 2 heterocycles. The van der Waals surface area contributed by atoms with Crippen molar-refractivity contribution < 1.29 is 0 Å². The van der Waals surface area contributed by atoms with Crippen molar-refractivity contribution in [3.05, 3.63) is 51.6 Å². The summed E-state index contributed by atoms with van der Waals surface area (Å²) in [6.45, 7) is 4.22. The van der Waals surface area contributed by atoms with Crippen molar-refractivity contribution in [3.8, 4) is 0 Å². The molecule has 1 atom stereocenters. The number of hydrogen-bond donors (Lipinski definition) is 1. The molecule has 104 valence electrons. The molecule has 3 rings (SSSR count). The standard InChI is InChI=1S/C15H16BrN3S/c1-9(2)19-15(12(16)7-18-19)14(17)11-8-20-13-6-4-3-5-10(11)13/h3-9,14H,17H2,1-2H3. The maximum atomic E-state index is 6.53. The molecule has 0 saturated heterocycles. The van der Waals surface area contributed by atoms with E-state index < -0.39 is 0 Å². The quantitative estimate of drug-likeness (QED) is 0.756. The Labute approximate surface area is 130 Å². The Morgan fingerprint density at radius 1 is 1.30 bits per heavy atom. The van der Waals surface area contributed by atoms with Gasteiger partial charge in [-0.3, -0.25) is 4.68 Å². The van der Waals surface area contributed by atoms with Crippen LogP contribution in [0.25, 0.3) is 10.1 Å². The first-order valence-electron chi connectivity index (χ1n) is 6.54. The topological polar surface area (TPSA) is 43.8 Å². The van der Waals surface area contributed by atoms with E-state index in [1.165, 1.54) is 10.1 Å². The van der Waals surface area contributed by atoms with E-state index >= 15 is 0 Å². The van der Waals surface area contributed by atoms with Crippen LogP contribution in [-0.4, -0.2) is 9.78 Å². The van der Waals surface area contributed by atoms with Crippen molar-refractivity contribution in [2.24, 2.45) is 5.73 Å². The summed E-state index contributed by atoms with van der Waals surface area (Å²) in [4.78, 5) is 0. The van der Waals surface area contributed by atoms with Gasteiger partial charge in [-0.2, -0.15) is 5.10 Å². The molecule has 2 aromatic heterocycles. The Bertz CT molecular complexity index is 744. The van der Waals surface area contributed by atoms with Crippen molar-refractivity contribution in [1.82, 2.24) is 9.78 Å². The van der Waals surface area contributed by atoms with E-state index in [9.17, 15) is 0 Å². The van der Waals surface area contributed by atoms with Crippen molar-refractivity contribution in [3.63, 3.8) is 0 Å². The normalized spacial score (nSPS) is 13.2. The summed E-state index contributed by atoms with van der Waals surface area (Å²) in [7, 11) is 0. The van der Waals surface area contributed by atoms with Crippen LogP contribution in [0.5, 0.6) is 0 Å². The largest absolute Gasteiger partial charge is 0.319 e. The number of benzene rings is 1. The van der Waals surface area contributed by atoms with E-state index in [2.05, 4.69) is 64.5 Å². The van der Waals surface area contributed by atoms with Crippen molar-refractivity contribution in [1.29, 1.82) is 0 Å². The molecule has 0 bridgehead atoms. The van der Waals surface area contributed by atoms with Crippen LogP contribution >= 0.6 is 27.3 Å². The molecule has 0 amide bonds. The summed E-state index contributed by atoms with van der Waals surface area (Å²) < 4.78 is 4.22. The first kappa shape index (κ1) is 13.8. The predicted molar refractivity (Wildman–Crippen MR) is 88.2 cm³/mol. The second kappa shape index (κ2) is 5.31. The first-order chi connectivity index (χ1) is 9.59. The number of nitrogens with two attached hydrogens (primary N) is 1. The molecular weight excluding hydrogens is 334 g/mol. The second-order valence-corrected chi connectivity index (χ2v) is 6.85. The van der Waals surface area contributed by atoms with Gasteiger partial charge in [0.2, 0.25) is 0 Å². The summed E-state index contributed by atoms with van der Waals surface area (Å²) in [6.07, 6.45) is 1.82. The molecular formula is C15H16BrN3S. The van der Waals surface area contributed by atoms with E-state index in [-0.39, 0.29) is 12.1 Å². The molecule has 1 unspecified atom stereocenters. The van der Waals surface area contributed by atoms with Crippen LogP contribution in [0, 0.1) is 0 Å². The van der Waals surface area contributed by atoms with Crippen LogP contribution < -0.4 is 5.73 Å². The third-order valence-electron chi connectivity index (χ3n) is 3.42. The van der Waals surface area contributed by atoms with Gasteiger partial charge in [0.25, 0.3) is 0 Å². The lowest BCUT2D eigenvalue weighted by Gasteiger charge is -2.17. The van der Waals surface area contributed by atoms with Crippen LogP contribution in [-0.2, 0) is 0 Å². The monoisotopic (exact) mass is 349 g/mol. The van der Waals surface area contributed by atoms with Crippen LogP contribution in [0.1, 0.15) is 37.2 Å². The van der Waals surface area contributed by atoms with E-state index in [1.807, 2.05) is 10.9 Å². The van der Waals surface area contributed by atoms with Gasteiger partial charge in [-0.15, -0.1) is 11.3 Å². The van der Waals surface area contributed by atoms with E-state index in [1.54, 1.807) is 11.3 Å². The Morgan fingerprint density at radius 2 is 2.05 bits per heavy atom. The number of fused-ring (bicyclic) bond motifs is 1. The minimum absolute atomic E-state index is 0.176. The zero-order valence-corrected chi connectivity index (χ0v) is 13.8. The van der Waals surface area contributed by atoms with E-state index in [0.717, 1.165) is 15.7 Å². The third kappa shape index (κ3) is 2.20. The highest BCUT2D eigenvalue weighted by Crippen LogP contribution is 2.35. The fourth-order valence-corrected chi connectivity index (χ4v) is 3.96. The summed E-state index contributed by atoms with van der Waals surface area (Å²) in [6, 6.07) is 8.48. The lowest BCUT2D eigenvalue weighted by Crippen LogP contribution is -2.19. The zero-order chi connectivity index (χ0) is 14.3. The molecule has 5 heteroatoms. The molecule has 0 radical (unpaired) electrons. The average molecular weight is 350 g/mol. The van der Waals surface area contributed by atoms with Gasteiger partial charge in [-0.05, 0) is 52.2 Å². The van der Waals surface area contributed by atoms with E-state index in [4.69, 9.17) is 5.73 Å². The number of rotatable bonds is 3. The zero-order valence-electron chi connectivity index (χ0n) is 11.4. The Hall–Kier alpha value is -1.17. The SMILES string of the molecule is CC(C)n1ncc(Br)c1C(N)c1csc2ccccc12. The second-order valence-electron chi connectivity index (χ2n) is 5.08. The molecule has 0 aliphatic carbocycles. The number of aromatic nitrogens is 2. The molecule has 0 aliphatic rings. The van der Waals surface area contributed by atoms with Gasteiger partial charge >= 0.3 is 0 Å². The molecule has 0 saturated carbocycles. The number of halogens is 1. The van der Waals surface area contributed by atoms with Gasteiger partial charge < -0.3 is 5.73 Å². The molecule has 0 aliphatic heterocycles. The Kier molecular flexibility index (Phi) is 3.67. The fraction of sp³-hybridized carbons (Fsp3) is 0.267. The molecule has 3 aromatic rings. The summed E-state index contributed by atoms with van der Waals surface area (Å²) in [5.41, 5.74) is 8.72. The molecule has 20 heavy (non-hydrogen) atoms. The van der Waals surface area contributed by atoms with Crippen molar-refractivity contribution in [2.75, 3.05) is 0 Å². The molecule has 3 nitrogen and oxygen atoms in total. The molecule has 0 fully saturated rings. The summed E-state index contributed by atoms with van der Waals surface area (Å²) >= 11 is 5.31. The predicted octanol–water partition coefficient (Wildman–Crippen LogP) is 4.49. The van der Waals surface area contributed by atoms with E-state index in [0.29, 0.717) is 0 Å². The minimum Gasteiger partial charge on any atom is -0.319 e. The van der Waals surface area contributed by atoms with Gasteiger partial charge in [0.1, 0.15) is 0 Å². The summed E-state index contributed by atoms with van der Waals surface area (Å²) in [5, 5.41) is 7.80. The van der Waals surface area contributed by atoms with Gasteiger partial charge in [0.15, 0.2) is 0 Å². The highest BCUT2D eigenvalue weighted by molar-refractivity contribution is 9.10. The smallest absolute Gasteiger partial charge is 0.0749 e.